The summed E-state index contributed by atoms with van der Waals surface area (Å²) in [5, 5.41) is 12.9. The first-order valence-electron chi connectivity index (χ1n) is 4.92. The summed E-state index contributed by atoms with van der Waals surface area (Å²) in [7, 11) is 0. The highest BCUT2D eigenvalue weighted by Crippen LogP contribution is 2.04. The van der Waals surface area contributed by atoms with Gasteiger partial charge in [-0.25, -0.2) is 4.79 Å². The average Bonchev–Trinajstić information content (AvgIpc) is 2.45. The minimum absolute atomic E-state index is 0.386. The molecular formula is C11H16N2O2. The van der Waals surface area contributed by atoms with E-state index in [1.165, 1.54) is 0 Å². The van der Waals surface area contributed by atoms with Crippen molar-refractivity contribution >= 4 is 5.97 Å². The third-order valence-electron chi connectivity index (χ3n) is 2.23. The summed E-state index contributed by atoms with van der Waals surface area (Å²) in [5.74, 6) is -0.858. The summed E-state index contributed by atoms with van der Waals surface area (Å²) in [4.78, 5) is 10.5. The van der Waals surface area contributed by atoms with Crippen molar-refractivity contribution in [2.24, 2.45) is 0 Å². The lowest BCUT2D eigenvalue weighted by Crippen LogP contribution is -2.03. The van der Waals surface area contributed by atoms with Gasteiger partial charge in [-0.2, -0.15) is 5.10 Å². The van der Waals surface area contributed by atoms with Gasteiger partial charge >= 0.3 is 5.97 Å². The first-order valence-corrected chi connectivity index (χ1v) is 4.92. The van der Waals surface area contributed by atoms with Gasteiger partial charge in [0.15, 0.2) is 0 Å². The highest BCUT2D eigenvalue weighted by Gasteiger charge is 2.01. The number of aryl methyl sites for hydroxylation is 3. The number of nitrogens with zero attached hydrogens (tertiary/aromatic N) is 2. The molecule has 0 bridgehead atoms. The molecule has 0 aliphatic heterocycles. The van der Waals surface area contributed by atoms with Crippen LogP contribution in [0.25, 0.3) is 0 Å². The summed E-state index contributed by atoms with van der Waals surface area (Å²) in [5.41, 5.74) is 2.48. The van der Waals surface area contributed by atoms with Crippen molar-refractivity contribution in [2.75, 3.05) is 0 Å². The Hall–Kier alpha value is -1.58. The lowest BCUT2D eigenvalue weighted by Gasteiger charge is -2.01. The summed E-state index contributed by atoms with van der Waals surface area (Å²) in [6.45, 7) is 6.27. The molecule has 0 spiro atoms. The molecule has 0 amide bonds. The van der Waals surface area contributed by atoms with Gasteiger partial charge in [-0.1, -0.05) is 6.08 Å². The maximum atomic E-state index is 10.5. The van der Waals surface area contributed by atoms with Gasteiger partial charge in [0.05, 0.1) is 5.69 Å². The monoisotopic (exact) mass is 208 g/mol. The van der Waals surface area contributed by atoms with E-state index in [9.17, 15) is 4.79 Å². The van der Waals surface area contributed by atoms with Crippen LogP contribution in [0.5, 0.6) is 0 Å². The molecule has 0 atom stereocenters. The summed E-state index contributed by atoms with van der Waals surface area (Å²) < 4.78 is 1.89. The topological polar surface area (TPSA) is 55.1 Å². The van der Waals surface area contributed by atoms with Gasteiger partial charge in [0.1, 0.15) is 0 Å². The van der Waals surface area contributed by atoms with Crippen LogP contribution in [0, 0.1) is 13.8 Å². The van der Waals surface area contributed by atoms with E-state index >= 15 is 0 Å². The number of hydrogen-bond donors (Lipinski definition) is 1. The number of carboxylic acid groups (broad SMARTS) is 1. The van der Waals surface area contributed by atoms with E-state index in [0.717, 1.165) is 17.9 Å². The quantitative estimate of drug-likeness (QED) is 0.769. The first kappa shape index (κ1) is 11.5. The van der Waals surface area contributed by atoms with Gasteiger partial charge in [-0.05, 0) is 33.3 Å². The zero-order chi connectivity index (χ0) is 11.4. The number of rotatable bonds is 4. The van der Waals surface area contributed by atoms with Crippen LogP contribution in [0.15, 0.2) is 17.7 Å². The van der Waals surface area contributed by atoms with Crippen molar-refractivity contribution in [3.63, 3.8) is 0 Å². The van der Waals surface area contributed by atoms with E-state index in [-0.39, 0.29) is 0 Å². The van der Waals surface area contributed by atoms with Crippen LogP contribution >= 0.6 is 0 Å². The van der Waals surface area contributed by atoms with Gasteiger partial charge in [-0.15, -0.1) is 0 Å². The smallest absolute Gasteiger partial charge is 0.330 e. The fourth-order valence-corrected chi connectivity index (χ4v) is 1.39. The Kier molecular flexibility index (Phi) is 3.66. The minimum atomic E-state index is -0.858. The minimum Gasteiger partial charge on any atom is -0.478 e. The normalized spacial score (nSPS) is 11.8. The lowest BCUT2D eigenvalue weighted by atomic mass is 10.2. The zero-order valence-corrected chi connectivity index (χ0v) is 9.32. The SMILES string of the molecule is CC(=CCCn1nc(C)cc1C)C(=O)O. The molecule has 1 N–H and O–H groups in total. The number of allylic oxidation sites excluding steroid dienone is 1. The third-order valence-corrected chi connectivity index (χ3v) is 2.23. The van der Waals surface area contributed by atoms with Gasteiger partial charge in [0, 0.05) is 17.8 Å². The molecule has 0 aromatic carbocycles. The number of carboxylic acids is 1. The van der Waals surface area contributed by atoms with Crippen molar-refractivity contribution < 1.29 is 9.90 Å². The Labute approximate surface area is 89.2 Å². The van der Waals surface area contributed by atoms with Gasteiger partial charge < -0.3 is 5.11 Å². The average molecular weight is 208 g/mol. The molecule has 0 aliphatic carbocycles. The van der Waals surface area contributed by atoms with Crippen LogP contribution in [-0.4, -0.2) is 20.9 Å². The van der Waals surface area contributed by atoms with Gasteiger partial charge in [-0.3, -0.25) is 4.68 Å². The predicted molar refractivity (Wildman–Crippen MR) is 57.7 cm³/mol. The molecular weight excluding hydrogens is 192 g/mol. The van der Waals surface area contributed by atoms with Crippen LogP contribution in [-0.2, 0) is 11.3 Å². The standard InChI is InChI=1S/C11H16N2O2/c1-8(11(14)15)5-4-6-13-10(3)7-9(2)12-13/h5,7H,4,6H2,1-3H3,(H,14,15). The number of hydrogen-bond acceptors (Lipinski definition) is 2. The largest absolute Gasteiger partial charge is 0.478 e. The first-order chi connectivity index (χ1) is 7.00. The number of aliphatic carboxylic acids is 1. The summed E-state index contributed by atoms with van der Waals surface area (Å²) in [6, 6.07) is 2.01. The van der Waals surface area contributed by atoms with E-state index < -0.39 is 5.97 Å². The molecule has 0 radical (unpaired) electrons. The lowest BCUT2D eigenvalue weighted by molar-refractivity contribution is -0.132. The second kappa shape index (κ2) is 4.77. The molecule has 4 nitrogen and oxygen atoms in total. The molecule has 0 fully saturated rings. The Morgan fingerprint density at radius 1 is 1.60 bits per heavy atom. The molecule has 1 aromatic rings. The molecule has 0 saturated heterocycles. The fraction of sp³-hybridized carbons (Fsp3) is 0.455. The van der Waals surface area contributed by atoms with E-state index in [0.29, 0.717) is 12.0 Å². The Balaban J connectivity index is 2.55. The predicted octanol–water partition coefficient (Wildman–Crippen LogP) is 1.92. The molecule has 0 unspecified atom stereocenters. The number of carbonyl (C=O) groups is 1. The third kappa shape index (κ3) is 3.23. The molecule has 0 aliphatic rings. The molecule has 15 heavy (non-hydrogen) atoms. The molecule has 1 heterocycles. The molecule has 4 heteroatoms. The van der Waals surface area contributed by atoms with Crippen molar-refractivity contribution in [3.05, 3.63) is 29.1 Å². The molecule has 0 saturated carbocycles. The van der Waals surface area contributed by atoms with Crippen LogP contribution < -0.4 is 0 Å². The van der Waals surface area contributed by atoms with E-state index in [1.54, 1.807) is 13.0 Å². The Morgan fingerprint density at radius 3 is 2.73 bits per heavy atom. The molecule has 82 valence electrons. The highest BCUT2D eigenvalue weighted by atomic mass is 16.4. The Bertz CT molecular complexity index is 391. The zero-order valence-electron chi connectivity index (χ0n) is 9.32. The fourth-order valence-electron chi connectivity index (χ4n) is 1.39. The van der Waals surface area contributed by atoms with E-state index in [4.69, 9.17) is 5.11 Å². The van der Waals surface area contributed by atoms with E-state index in [2.05, 4.69) is 5.10 Å². The highest BCUT2D eigenvalue weighted by molar-refractivity contribution is 5.85. The van der Waals surface area contributed by atoms with Crippen molar-refractivity contribution in [2.45, 2.75) is 33.7 Å². The number of aromatic nitrogens is 2. The molecule has 1 aromatic heterocycles. The van der Waals surface area contributed by atoms with E-state index in [1.807, 2.05) is 24.6 Å². The van der Waals surface area contributed by atoms with Crippen LogP contribution in [0.4, 0.5) is 0 Å². The Morgan fingerprint density at radius 2 is 2.27 bits per heavy atom. The second-order valence-corrected chi connectivity index (χ2v) is 3.63. The van der Waals surface area contributed by atoms with Crippen LogP contribution in [0.1, 0.15) is 24.7 Å². The summed E-state index contributed by atoms with van der Waals surface area (Å²) >= 11 is 0. The second-order valence-electron chi connectivity index (χ2n) is 3.63. The maximum Gasteiger partial charge on any atom is 0.330 e. The van der Waals surface area contributed by atoms with Gasteiger partial charge in [0.2, 0.25) is 0 Å². The summed E-state index contributed by atoms with van der Waals surface area (Å²) in [6.07, 6.45) is 2.42. The van der Waals surface area contributed by atoms with Crippen molar-refractivity contribution in [1.82, 2.24) is 9.78 Å². The van der Waals surface area contributed by atoms with Gasteiger partial charge in [0.25, 0.3) is 0 Å². The molecule has 1 rings (SSSR count). The van der Waals surface area contributed by atoms with Crippen LogP contribution in [0.2, 0.25) is 0 Å². The van der Waals surface area contributed by atoms with Crippen LogP contribution in [0.3, 0.4) is 0 Å². The maximum absolute atomic E-state index is 10.5. The van der Waals surface area contributed by atoms with Crippen molar-refractivity contribution in [1.29, 1.82) is 0 Å². The van der Waals surface area contributed by atoms with Crippen molar-refractivity contribution in [3.8, 4) is 0 Å².